The molecule has 16 heavy (non-hydrogen) atoms. The minimum absolute atomic E-state index is 0.344. The number of thioether (sulfide) groups is 1. The van der Waals surface area contributed by atoms with Crippen molar-refractivity contribution >= 4 is 21.8 Å². The van der Waals surface area contributed by atoms with Gasteiger partial charge in [-0.2, -0.15) is 11.8 Å². The van der Waals surface area contributed by atoms with E-state index in [1.54, 1.807) is 23.9 Å². The third kappa shape index (κ3) is 2.78. The summed E-state index contributed by atoms with van der Waals surface area (Å²) < 4.78 is 26.4. The first-order chi connectivity index (χ1) is 7.49. The van der Waals surface area contributed by atoms with Crippen molar-refractivity contribution in [3.8, 4) is 0 Å². The quantitative estimate of drug-likeness (QED) is 0.836. The van der Waals surface area contributed by atoms with E-state index in [2.05, 4.69) is 11.6 Å². The third-order valence-corrected chi connectivity index (χ3v) is 5.45. The van der Waals surface area contributed by atoms with E-state index < -0.39 is 10.0 Å². The smallest absolute Gasteiger partial charge is 0.210 e. The number of benzene rings is 1. The van der Waals surface area contributed by atoms with Crippen LogP contribution in [0.15, 0.2) is 29.2 Å². The summed E-state index contributed by atoms with van der Waals surface area (Å²) in [6.07, 6.45) is 0. The van der Waals surface area contributed by atoms with Crippen molar-refractivity contribution < 1.29 is 8.42 Å². The van der Waals surface area contributed by atoms with Gasteiger partial charge in [0.05, 0.1) is 4.90 Å². The summed E-state index contributed by atoms with van der Waals surface area (Å²) in [5, 5.41) is 1.03. The van der Waals surface area contributed by atoms with Gasteiger partial charge in [0.25, 0.3) is 0 Å². The van der Waals surface area contributed by atoms with E-state index in [0.29, 0.717) is 21.9 Å². The van der Waals surface area contributed by atoms with E-state index in [1.807, 2.05) is 19.1 Å². The molecule has 1 saturated heterocycles. The largest absolute Gasteiger partial charge is 0.240 e. The van der Waals surface area contributed by atoms with Crippen molar-refractivity contribution in [1.29, 1.82) is 0 Å². The predicted octanol–water partition coefficient (Wildman–Crippen LogP) is 1.78. The van der Waals surface area contributed by atoms with Gasteiger partial charge in [0.1, 0.15) is 0 Å². The fraction of sp³-hybridized carbons (Fsp3) is 0.455. The summed E-state index contributed by atoms with van der Waals surface area (Å²) >= 11 is 1.80. The Kier molecular flexibility index (Phi) is 3.28. The Morgan fingerprint density at radius 2 is 1.88 bits per heavy atom. The molecule has 0 radical (unpaired) electrons. The normalized spacial score (nSPS) is 24.4. The molecule has 2 atom stereocenters. The van der Waals surface area contributed by atoms with Crippen LogP contribution >= 0.6 is 11.8 Å². The van der Waals surface area contributed by atoms with Gasteiger partial charge in [-0.15, -0.1) is 0 Å². The maximum atomic E-state index is 11.9. The van der Waals surface area contributed by atoms with Crippen molar-refractivity contribution in [2.75, 3.05) is 6.54 Å². The molecule has 0 saturated carbocycles. The van der Waals surface area contributed by atoms with Gasteiger partial charge in [-0.3, -0.25) is 0 Å². The molecule has 1 aliphatic heterocycles. The molecular formula is C11H15NO2S2. The maximum Gasteiger partial charge on any atom is 0.240 e. The van der Waals surface area contributed by atoms with Crippen molar-refractivity contribution in [2.24, 2.45) is 0 Å². The highest BCUT2D eigenvalue weighted by Crippen LogP contribution is 2.40. The Balaban J connectivity index is 2.03. The summed E-state index contributed by atoms with van der Waals surface area (Å²) in [6, 6.07) is 6.90. The molecule has 2 rings (SSSR count). The molecule has 0 amide bonds. The molecule has 0 aliphatic carbocycles. The fourth-order valence-electron chi connectivity index (χ4n) is 1.44. The second-order valence-electron chi connectivity index (χ2n) is 4.04. The molecule has 1 N–H and O–H groups in total. The standard InChI is InChI=1S/C11H15NO2S2/c1-8-3-5-10(6-4-8)16(13,14)12-7-11-9(2)15-11/h3-6,9,11-12H,7H2,1-2H3/t9-,11-/m1/s1. The zero-order valence-electron chi connectivity index (χ0n) is 9.30. The first kappa shape index (κ1) is 12.0. The number of nitrogens with one attached hydrogen (secondary N) is 1. The molecule has 88 valence electrons. The van der Waals surface area contributed by atoms with Crippen LogP contribution < -0.4 is 4.72 Å². The first-order valence-electron chi connectivity index (χ1n) is 5.21. The number of rotatable bonds is 4. The minimum Gasteiger partial charge on any atom is -0.210 e. The Bertz CT molecular complexity index is 467. The molecule has 0 unspecified atom stereocenters. The van der Waals surface area contributed by atoms with Crippen LogP contribution in [0, 0.1) is 6.92 Å². The SMILES string of the molecule is Cc1ccc(S(=O)(=O)NC[C@H]2S[C@@H]2C)cc1. The zero-order valence-corrected chi connectivity index (χ0v) is 10.9. The van der Waals surface area contributed by atoms with Gasteiger partial charge in [-0.05, 0) is 19.1 Å². The summed E-state index contributed by atoms with van der Waals surface area (Å²) in [7, 11) is -3.32. The number of sulfonamides is 1. The summed E-state index contributed by atoms with van der Waals surface area (Å²) in [4.78, 5) is 0.344. The van der Waals surface area contributed by atoms with E-state index in [0.717, 1.165) is 5.56 Å². The monoisotopic (exact) mass is 257 g/mol. The van der Waals surface area contributed by atoms with Crippen LogP contribution in [0.3, 0.4) is 0 Å². The van der Waals surface area contributed by atoms with E-state index in [9.17, 15) is 8.42 Å². The molecule has 1 heterocycles. The molecular weight excluding hydrogens is 242 g/mol. The third-order valence-electron chi connectivity index (χ3n) is 2.64. The Morgan fingerprint density at radius 1 is 1.31 bits per heavy atom. The van der Waals surface area contributed by atoms with Crippen LogP contribution in [0.5, 0.6) is 0 Å². The van der Waals surface area contributed by atoms with E-state index in [-0.39, 0.29) is 0 Å². The molecule has 3 nitrogen and oxygen atoms in total. The molecule has 1 fully saturated rings. The van der Waals surface area contributed by atoms with Crippen molar-refractivity contribution in [1.82, 2.24) is 4.72 Å². The van der Waals surface area contributed by atoms with E-state index >= 15 is 0 Å². The molecule has 0 bridgehead atoms. The van der Waals surface area contributed by atoms with Crippen LogP contribution in [-0.2, 0) is 10.0 Å². The molecule has 0 spiro atoms. The lowest BCUT2D eigenvalue weighted by Crippen LogP contribution is -2.27. The lowest BCUT2D eigenvalue weighted by molar-refractivity contribution is 0.582. The van der Waals surface area contributed by atoms with Gasteiger partial charge < -0.3 is 0 Å². The van der Waals surface area contributed by atoms with Gasteiger partial charge in [-0.25, -0.2) is 13.1 Å². The van der Waals surface area contributed by atoms with Crippen LogP contribution in [-0.4, -0.2) is 25.5 Å². The Labute approximate surface area is 101 Å². The molecule has 1 aromatic carbocycles. The van der Waals surface area contributed by atoms with Gasteiger partial charge in [0.2, 0.25) is 10.0 Å². The summed E-state index contributed by atoms with van der Waals surface area (Å²) in [5.74, 6) is 0. The fourth-order valence-corrected chi connectivity index (χ4v) is 3.34. The van der Waals surface area contributed by atoms with Crippen LogP contribution in [0.2, 0.25) is 0 Å². The van der Waals surface area contributed by atoms with Crippen LogP contribution in [0.4, 0.5) is 0 Å². The van der Waals surface area contributed by atoms with E-state index in [4.69, 9.17) is 0 Å². The Morgan fingerprint density at radius 3 is 2.38 bits per heavy atom. The summed E-state index contributed by atoms with van der Waals surface area (Å²) in [5.41, 5.74) is 1.06. The maximum absolute atomic E-state index is 11.9. The highest BCUT2D eigenvalue weighted by atomic mass is 32.2. The zero-order chi connectivity index (χ0) is 11.8. The second kappa shape index (κ2) is 4.39. The first-order valence-corrected chi connectivity index (χ1v) is 7.63. The van der Waals surface area contributed by atoms with Gasteiger partial charge in [-0.1, -0.05) is 24.6 Å². The average Bonchev–Trinajstić information content (AvgIpc) is 2.93. The van der Waals surface area contributed by atoms with Crippen LogP contribution in [0.25, 0.3) is 0 Å². The van der Waals surface area contributed by atoms with Crippen molar-refractivity contribution in [3.63, 3.8) is 0 Å². The van der Waals surface area contributed by atoms with Crippen LogP contribution in [0.1, 0.15) is 12.5 Å². The molecule has 5 heteroatoms. The van der Waals surface area contributed by atoms with Gasteiger partial charge >= 0.3 is 0 Å². The molecule has 1 aromatic rings. The average molecular weight is 257 g/mol. The van der Waals surface area contributed by atoms with E-state index in [1.165, 1.54) is 0 Å². The number of hydrogen-bond donors (Lipinski definition) is 1. The summed E-state index contributed by atoms with van der Waals surface area (Å²) in [6.45, 7) is 4.57. The lowest BCUT2D eigenvalue weighted by atomic mass is 10.2. The highest BCUT2D eigenvalue weighted by Gasteiger charge is 2.34. The topological polar surface area (TPSA) is 46.2 Å². The van der Waals surface area contributed by atoms with Crippen molar-refractivity contribution in [3.05, 3.63) is 29.8 Å². The second-order valence-corrected chi connectivity index (χ2v) is 7.43. The Hall–Kier alpha value is -0.520. The van der Waals surface area contributed by atoms with Gasteiger partial charge in [0, 0.05) is 17.0 Å². The highest BCUT2D eigenvalue weighted by molar-refractivity contribution is 8.07. The lowest BCUT2D eigenvalue weighted by Gasteiger charge is -2.05. The predicted molar refractivity (Wildman–Crippen MR) is 67.2 cm³/mol. The minimum atomic E-state index is -3.32. The number of aryl methyl sites for hydroxylation is 1. The molecule has 0 aromatic heterocycles. The number of hydrogen-bond acceptors (Lipinski definition) is 3. The molecule has 1 aliphatic rings. The van der Waals surface area contributed by atoms with Crippen molar-refractivity contribution in [2.45, 2.75) is 29.2 Å². The van der Waals surface area contributed by atoms with Gasteiger partial charge in [0.15, 0.2) is 0 Å².